The van der Waals surface area contributed by atoms with Crippen molar-refractivity contribution in [2.45, 2.75) is 20.0 Å². The number of imide groups is 1. The number of thioether (sulfide) groups is 1. The Morgan fingerprint density at radius 3 is 2.48 bits per heavy atom. The monoisotopic (exact) mass is 448 g/mol. The largest absolute Gasteiger partial charge is 0.484 e. The number of carbonyl (C=O) groups excluding carboxylic acids is 4. The summed E-state index contributed by atoms with van der Waals surface area (Å²) < 4.78 is 15.8. The molecule has 9 nitrogen and oxygen atoms in total. The van der Waals surface area contributed by atoms with Gasteiger partial charge in [0.25, 0.3) is 17.1 Å². The van der Waals surface area contributed by atoms with Crippen molar-refractivity contribution in [2.24, 2.45) is 0 Å². The van der Waals surface area contributed by atoms with Crippen LogP contribution in [-0.2, 0) is 23.9 Å². The lowest BCUT2D eigenvalue weighted by molar-refractivity contribution is -0.149. The molecule has 0 bridgehead atoms. The molecule has 3 amide bonds. The lowest BCUT2D eigenvalue weighted by Crippen LogP contribution is -2.42. The Bertz CT molecular complexity index is 876. The van der Waals surface area contributed by atoms with E-state index in [-0.39, 0.29) is 23.5 Å². The van der Waals surface area contributed by atoms with Crippen molar-refractivity contribution in [3.8, 4) is 5.75 Å². The molecule has 2 aliphatic heterocycles. The summed E-state index contributed by atoms with van der Waals surface area (Å²) in [5.41, 5.74) is 0.683. The molecule has 0 aromatic heterocycles. The third-order valence-electron chi connectivity index (χ3n) is 4.43. The second kappa shape index (κ2) is 10.5. The van der Waals surface area contributed by atoms with Crippen LogP contribution in [0.15, 0.2) is 29.2 Å². The maximum atomic E-state index is 12.5. The Morgan fingerprint density at radius 1 is 1.16 bits per heavy atom. The smallest absolute Gasteiger partial charge is 0.326 e. The molecule has 166 valence electrons. The number of rotatable bonds is 7. The summed E-state index contributed by atoms with van der Waals surface area (Å²) in [4.78, 5) is 51.3. The molecular formula is C21H24N2O7S. The summed E-state index contributed by atoms with van der Waals surface area (Å²) in [5.74, 6) is -0.751. The van der Waals surface area contributed by atoms with Crippen LogP contribution < -0.4 is 4.74 Å². The molecule has 1 aromatic carbocycles. The van der Waals surface area contributed by atoms with Gasteiger partial charge in [0.1, 0.15) is 12.3 Å². The first-order valence-corrected chi connectivity index (χ1v) is 10.7. The minimum atomic E-state index is -0.633. The Morgan fingerprint density at radius 2 is 1.84 bits per heavy atom. The zero-order valence-electron chi connectivity index (χ0n) is 17.4. The first-order valence-electron chi connectivity index (χ1n) is 9.86. The van der Waals surface area contributed by atoms with Gasteiger partial charge < -0.3 is 19.1 Å². The van der Waals surface area contributed by atoms with Crippen LogP contribution in [0.3, 0.4) is 0 Å². The number of ether oxygens (including phenoxy) is 3. The minimum Gasteiger partial charge on any atom is -0.484 e. The normalized spacial score (nSPS) is 18.1. The van der Waals surface area contributed by atoms with Gasteiger partial charge in [0, 0.05) is 13.1 Å². The van der Waals surface area contributed by atoms with Crippen molar-refractivity contribution >= 4 is 40.9 Å². The fraction of sp³-hybridized carbons (Fsp3) is 0.429. The van der Waals surface area contributed by atoms with E-state index in [1.54, 1.807) is 49.1 Å². The Balaban J connectivity index is 1.55. The molecule has 2 aliphatic rings. The Labute approximate surface area is 184 Å². The minimum absolute atomic E-state index is 0.0648. The number of esters is 1. The molecule has 0 atom stereocenters. The summed E-state index contributed by atoms with van der Waals surface area (Å²) in [6.45, 7) is 5.09. The molecule has 2 saturated heterocycles. The highest BCUT2D eigenvalue weighted by Crippen LogP contribution is 2.32. The second-order valence-corrected chi connectivity index (χ2v) is 8.15. The highest BCUT2D eigenvalue weighted by molar-refractivity contribution is 8.18. The van der Waals surface area contributed by atoms with E-state index in [0.29, 0.717) is 37.6 Å². The van der Waals surface area contributed by atoms with Crippen LogP contribution in [0.4, 0.5) is 4.79 Å². The van der Waals surface area contributed by atoms with E-state index in [1.165, 1.54) is 0 Å². The predicted molar refractivity (Wildman–Crippen MR) is 113 cm³/mol. The van der Waals surface area contributed by atoms with Crippen molar-refractivity contribution in [1.82, 2.24) is 9.80 Å². The zero-order chi connectivity index (χ0) is 22.4. The van der Waals surface area contributed by atoms with Gasteiger partial charge >= 0.3 is 5.97 Å². The lowest BCUT2D eigenvalue weighted by Gasteiger charge is -2.26. The molecular weight excluding hydrogens is 424 g/mol. The predicted octanol–water partition coefficient (Wildman–Crippen LogP) is 1.91. The fourth-order valence-electron chi connectivity index (χ4n) is 2.93. The van der Waals surface area contributed by atoms with E-state index in [0.717, 1.165) is 16.7 Å². The number of hydrogen-bond donors (Lipinski definition) is 0. The topological polar surface area (TPSA) is 102 Å². The van der Waals surface area contributed by atoms with Crippen molar-refractivity contribution in [1.29, 1.82) is 0 Å². The second-order valence-electron chi connectivity index (χ2n) is 7.16. The fourth-order valence-corrected chi connectivity index (χ4v) is 3.76. The van der Waals surface area contributed by atoms with Crippen molar-refractivity contribution in [2.75, 3.05) is 39.5 Å². The van der Waals surface area contributed by atoms with E-state index in [4.69, 9.17) is 14.2 Å². The summed E-state index contributed by atoms with van der Waals surface area (Å²) in [7, 11) is 0. The van der Waals surface area contributed by atoms with Crippen molar-refractivity contribution in [3.05, 3.63) is 34.7 Å². The Hall–Kier alpha value is -2.85. The van der Waals surface area contributed by atoms with Gasteiger partial charge in [-0.1, -0.05) is 12.1 Å². The molecule has 31 heavy (non-hydrogen) atoms. The first-order chi connectivity index (χ1) is 14.8. The quantitative estimate of drug-likeness (QED) is 0.460. The van der Waals surface area contributed by atoms with Crippen LogP contribution in [0.25, 0.3) is 6.08 Å². The van der Waals surface area contributed by atoms with Gasteiger partial charge in [-0.05, 0) is 49.4 Å². The van der Waals surface area contributed by atoms with Gasteiger partial charge in [-0.3, -0.25) is 24.1 Å². The molecule has 0 N–H and O–H groups in total. The number of nitrogens with zero attached hydrogens (tertiary/aromatic N) is 2. The van der Waals surface area contributed by atoms with Crippen molar-refractivity contribution < 1.29 is 33.4 Å². The van der Waals surface area contributed by atoms with Crippen LogP contribution in [-0.4, -0.2) is 78.4 Å². The van der Waals surface area contributed by atoms with Crippen LogP contribution in [0.5, 0.6) is 5.75 Å². The molecule has 0 radical (unpaired) electrons. The Kier molecular flexibility index (Phi) is 7.69. The highest BCUT2D eigenvalue weighted by atomic mass is 32.2. The third-order valence-corrected chi connectivity index (χ3v) is 5.34. The highest BCUT2D eigenvalue weighted by Gasteiger charge is 2.36. The van der Waals surface area contributed by atoms with Crippen LogP contribution >= 0.6 is 11.8 Å². The van der Waals surface area contributed by atoms with Crippen LogP contribution in [0.1, 0.15) is 19.4 Å². The zero-order valence-corrected chi connectivity index (χ0v) is 18.2. The number of benzene rings is 1. The van der Waals surface area contributed by atoms with E-state index in [1.807, 2.05) is 0 Å². The van der Waals surface area contributed by atoms with Gasteiger partial charge in [-0.25, -0.2) is 0 Å². The van der Waals surface area contributed by atoms with E-state index in [9.17, 15) is 19.2 Å². The van der Waals surface area contributed by atoms with Gasteiger partial charge in [0.05, 0.1) is 24.2 Å². The first kappa shape index (κ1) is 22.8. The third kappa shape index (κ3) is 6.31. The van der Waals surface area contributed by atoms with Gasteiger partial charge in [-0.2, -0.15) is 0 Å². The maximum absolute atomic E-state index is 12.5. The molecule has 2 fully saturated rings. The lowest BCUT2D eigenvalue weighted by atomic mass is 10.2. The van der Waals surface area contributed by atoms with Crippen LogP contribution in [0.2, 0.25) is 0 Å². The summed E-state index contributed by atoms with van der Waals surface area (Å²) in [6.07, 6.45) is 1.24. The standard InChI is InChI=1S/C21H24N2O7S/c1-14(2)30-19(25)12-23-20(26)17(31-21(23)27)11-15-3-5-16(6-4-15)29-13-18(24)22-7-9-28-10-8-22/h3-6,11,14H,7-10,12-13H2,1-2H3/b17-11+. The SMILES string of the molecule is CC(C)OC(=O)CN1C(=O)S/C(=C/c2ccc(OCC(=O)N3CCOCC3)cc2)C1=O. The molecule has 10 heteroatoms. The molecule has 0 unspecified atom stereocenters. The van der Waals surface area contributed by atoms with E-state index >= 15 is 0 Å². The van der Waals surface area contributed by atoms with E-state index in [2.05, 4.69) is 0 Å². The summed E-state index contributed by atoms with van der Waals surface area (Å²) in [6, 6.07) is 6.80. The maximum Gasteiger partial charge on any atom is 0.326 e. The van der Waals surface area contributed by atoms with Gasteiger partial charge in [0.15, 0.2) is 6.61 Å². The van der Waals surface area contributed by atoms with Gasteiger partial charge in [-0.15, -0.1) is 0 Å². The number of amides is 3. The average molecular weight is 448 g/mol. The molecule has 0 saturated carbocycles. The summed E-state index contributed by atoms with van der Waals surface area (Å²) >= 11 is 0.771. The van der Waals surface area contributed by atoms with Gasteiger partial charge in [0.2, 0.25) is 0 Å². The molecule has 2 heterocycles. The average Bonchev–Trinajstić information content (AvgIpc) is 3.00. The number of carbonyl (C=O) groups is 4. The van der Waals surface area contributed by atoms with E-state index < -0.39 is 23.7 Å². The molecule has 1 aromatic rings. The molecule has 0 aliphatic carbocycles. The molecule has 0 spiro atoms. The van der Waals surface area contributed by atoms with Crippen LogP contribution in [0, 0.1) is 0 Å². The number of morpholine rings is 1. The molecule has 3 rings (SSSR count). The number of hydrogen-bond acceptors (Lipinski definition) is 8. The van der Waals surface area contributed by atoms with Crippen molar-refractivity contribution in [3.63, 3.8) is 0 Å². The summed E-state index contributed by atoms with van der Waals surface area (Å²) in [5, 5.41) is -0.515.